The van der Waals surface area contributed by atoms with Crippen LogP contribution in [0.2, 0.25) is 0 Å². The van der Waals surface area contributed by atoms with Crippen molar-refractivity contribution >= 4 is 28.3 Å². The third-order valence-electron chi connectivity index (χ3n) is 3.79. The minimum Gasteiger partial charge on any atom is -0.497 e. The normalized spacial score (nSPS) is 10.5. The number of aromatic amines is 1. The van der Waals surface area contributed by atoms with Crippen LogP contribution >= 0.6 is 11.3 Å². The van der Waals surface area contributed by atoms with Gasteiger partial charge in [-0.2, -0.15) is 0 Å². The van der Waals surface area contributed by atoms with Crippen molar-refractivity contribution in [3.05, 3.63) is 53.2 Å². The summed E-state index contributed by atoms with van der Waals surface area (Å²) in [5.41, 5.74) is 8.02. The number of rotatable bonds is 7. The zero-order chi connectivity index (χ0) is 18.5. The van der Waals surface area contributed by atoms with Gasteiger partial charge in [-0.05, 0) is 30.2 Å². The number of thiazole rings is 1. The monoisotopic (exact) mass is 370 g/mol. The Morgan fingerprint density at radius 3 is 2.73 bits per heavy atom. The maximum absolute atomic E-state index is 12.1. The molecule has 0 spiro atoms. The number of ether oxygens (including phenoxy) is 1. The lowest BCUT2D eigenvalue weighted by Crippen LogP contribution is -2.12. The van der Waals surface area contributed by atoms with Crippen molar-refractivity contribution in [2.45, 2.75) is 12.8 Å². The number of H-pyrrole nitrogens is 1. The van der Waals surface area contributed by atoms with Gasteiger partial charge in [-0.15, -0.1) is 11.3 Å². The zero-order valence-electron chi connectivity index (χ0n) is 14.1. The van der Waals surface area contributed by atoms with E-state index in [9.17, 15) is 9.59 Å². The van der Waals surface area contributed by atoms with Crippen molar-refractivity contribution in [2.24, 2.45) is 5.73 Å². The standard InChI is InChI=1S/C18H18N4O3S/c1-25-13-5-2-11(3-6-13)4-7-16(23)22-18-21-15(10-26-18)12-8-14(17(19)24)20-9-12/h2-3,5-6,8-10,20H,4,7H2,1H3,(H2,19,24)(H,21,22,23). The van der Waals surface area contributed by atoms with Crippen molar-refractivity contribution in [1.29, 1.82) is 0 Å². The van der Waals surface area contributed by atoms with Crippen LogP contribution in [0.1, 0.15) is 22.5 Å². The maximum atomic E-state index is 12.1. The molecular formula is C18H18N4O3S. The van der Waals surface area contributed by atoms with Crippen LogP contribution in [0.4, 0.5) is 5.13 Å². The van der Waals surface area contributed by atoms with E-state index >= 15 is 0 Å². The summed E-state index contributed by atoms with van der Waals surface area (Å²) in [6.07, 6.45) is 2.65. The molecule has 0 fully saturated rings. The summed E-state index contributed by atoms with van der Waals surface area (Å²) < 4.78 is 5.11. The molecule has 8 heteroatoms. The highest BCUT2D eigenvalue weighted by Gasteiger charge is 2.11. The summed E-state index contributed by atoms with van der Waals surface area (Å²) in [4.78, 5) is 30.4. The van der Waals surface area contributed by atoms with E-state index in [4.69, 9.17) is 10.5 Å². The fourth-order valence-corrected chi connectivity index (χ4v) is 3.12. The second-order valence-electron chi connectivity index (χ2n) is 5.60. The number of hydrogen-bond acceptors (Lipinski definition) is 5. The summed E-state index contributed by atoms with van der Waals surface area (Å²) in [7, 11) is 1.62. The van der Waals surface area contributed by atoms with Gasteiger partial charge >= 0.3 is 0 Å². The smallest absolute Gasteiger partial charge is 0.265 e. The molecular weight excluding hydrogens is 352 g/mol. The van der Waals surface area contributed by atoms with Crippen LogP contribution in [0.3, 0.4) is 0 Å². The van der Waals surface area contributed by atoms with E-state index in [0.717, 1.165) is 16.9 Å². The highest BCUT2D eigenvalue weighted by molar-refractivity contribution is 7.14. The molecule has 0 aliphatic rings. The molecule has 2 heterocycles. The Morgan fingerprint density at radius 2 is 2.08 bits per heavy atom. The third kappa shape index (κ3) is 4.28. The molecule has 3 aromatic rings. The number of primary amides is 1. The first-order chi connectivity index (χ1) is 12.5. The van der Waals surface area contributed by atoms with Crippen LogP contribution in [-0.4, -0.2) is 28.9 Å². The largest absolute Gasteiger partial charge is 0.497 e. The number of nitrogens with two attached hydrogens (primary N) is 1. The van der Waals surface area contributed by atoms with Crippen molar-refractivity contribution in [1.82, 2.24) is 9.97 Å². The Bertz CT molecular complexity index is 915. The lowest BCUT2D eigenvalue weighted by Gasteiger charge is -2.04. The topological polar surface area (TPSA) is 110 Å². The molecule has 0 unspecified atom stereocenters. The van der Waals surface area contributed by atoms with Crippen molar-refractivity contribution in [3.63, 3.8) is 0 Å². The molecule has 0 saturated carbocycles. The van der Waals surface area contributed by atoms with Gasteiger partial charge in [0, 0.05) is 23.6 Å². The highest BCUT2D eigenvalue weighted by atomic mass is 32.1. The maximum Gasteiger partial charge on any atom is 0.265 e. The minimum absolute atomic E-state index is 0.103. The Morgan fingerprint density at radius 1 is 1.31 bits per heavy atom. The third-order valence-corrected chi connectivity index (χ3v) is 4.55. The second kappa shape index (κ2) is 7.83. The first kappa shape index (κ1) is 17.7. The Kier molecular flexibility index (Phi) is 5.33. The molecule has 0 aliphatic heterocycles. The molecule has 0 radical (unpaired) electrons. The Hall–Kier alpha value is -3.13. The number of benzene rings is 1. The fraction of sp³-hybridized carbons (Fsp3) is 0.167. The molecule has 7 nitrogen and oxygen atoms in total. The van der Waals surface area contributed by atoms with Gasteiger partial charge in [0.2, 0.25) is 5.91 Å². The van der Waals surface area contributed by atoms with E-state index in [1.807, 2.05) is 29.6 Å². The first-order valence-electron chi connectivity index (χ1n) is 7.92. The Balaban J connectivity index is 1.55. The van der Waals surface area contributed by atoms with Crippen molar-refractivity contribution in [2.75, 3.05) is 12.4 Å². The predicted molar refractivity (Wildman–Crippen MR) is 100 cm³/mol. The Labute approximate surface area is 154 Å². The number of hydrogen-bond donors (Lipinski definition) is 3. The van der Waals surface area contributed by atoms with Crippen LogP contribution in [0.25, 0.3) is 11.3 Å². The number of aromatic nitrogens is 2. The molecule has 2 aromatic heterocycles. The van der Waals surface area contributed by atoms with E-state index < -0.39 is 5.91 Å². The number of methoxy groups -OCH3 is 1. The van der Waals surface area contributed by atoms with Gasteiger partial charge in [0.1, 0.15) is 11.4 Å². The summed E-state index contributed by atoms with van der Waals surface area (Å²) in [5.74, 6) is 0.157. The van der Waals surface area contributed by atoms with Gasteiger partial charge in [0.25, 0.3) is 5.91 Å². The minimum atomic E-state index is -0.529. The van der Waals surface area contributed by atoms with Gasteiger partial charge in [-0.25, -0.2) is 4.98 Å². The average molecular weight is 370 g/mol. The zero-order valence-corrected chi connectivity index (χ0v) is 14.9. The quantitative estimate of drug-likeness (QED) is 0.594. The lowest BCUT2D eigenvalue weighted by molar-refractivity contribution is -0.116. The molecule has 0 atom stereocenters. The molecule has 26 heavy (non-hydrogen) atoms. The van der Waals surface area contributed by atoms with Gasteiger partial charge in [0.15, 0.2) is 5.13 Å². The molecule has 0 bridgehead atoms. The van der Waals surface area contributed by atoms with Crippen LogP contribution in [0, 0.1) is 0 Å². The van der Waals surface area contributed by atoms with E-state index in [1.54, 1.807) is 19.4 Å². The number of nitrogens with zero attached hydrogens (tertiary/aromatic N) is 1. The summed E-state index contributed by atoms with van der Waals surface area (Å²) in [5, 5.41) is 5.12. The van der Waals surface area contributed by atoms with Crippen LogP contribution in [0.15, 0.2) is 41.9 Å². The number of nitrogens with one attached hydrogen (secondary N) is 2. The van der Waals surface area contributed by atoms with Crippen LogP contribution in [-0.2, 0) is 11.2 Å². The number of anilines is 1. The number of carbonyl (C=O) groups excluding carboxylic acids is 2. The van der Waals surface area contributed by atoms with Gasteiger partial charge < -0.3 is 20.8 Å². The SMILES string of the molecule is COc1ccc(CCC(=O)Nc2nc(-c3c[nH]c(C(N)=O)c3)cs2)cc1. The van der Waals surface area contributed by atoms with E-state index in [0.29, 0.717) is 29.4 Å². The highest BCUT2D eigenvalue weighted by Crippen LogP contribution is 2.25. The number of amides is 2. The van der Waals surface area contributed by atoms with Gasteiger partial charge in [-0.1, -0.05) is 12.1 Å². The van der Waals surface area contributed by atoms with E-state index in [2.05, 4.69) is 15.3 Å². The molecule has 3 rings (SSSR count). The first-order valence-corrected chi connectivity index (χ1v) is 8.80. The molecule has 1 aromatic carbocycles. The predicted octanol–water partition coefficient (Wildman–Crippen LogP) is 2.82. The molecule has 134 valence electrons. The molecule has 4 N–H and O–H groups in total. The second-order valence-corrected chi connectivity index (χ2v) is 6.46. The number of aryl methyl sites for hydroxylation is 1. The van der Waals surface area contributed by atoms with Crippen LogP contribution in [0.5, 0.6) is 5.75 Å². The molecule has 0 aliphatic carbocycles. The van der Waals surface area contributed by atoms with Gasteiger partial charge in [-0.3, -0.25) is 9.59 Å². The fourth-order valence-electron chi connectivity index (χ4n) is 2.38. The van der Waals surface area contributed by atoms with E-state index in [1.165, 1.54) is 11.3 Å². The molecule has 2 amide bonds. The van der Waals surface area contributed by atoms with Crippen molar-refractivity contribution < 1.29 is 14.3 Å². The van der Waals surface area contributed by atoms with Gasteiger partial charge in [0.05, 0.1) is 12.8 Å². The van der Waals surface area contributed by atoms with E-state index in [-0.39, 0.29) is 5.91 Å². The average Bonchev–Trinajstić information content (AvgIpc) is 3.29. The summed E-state index contributed by atoms with van der Waals surface area (Å²) in [6.45, 7) is 0. The van der Waals surface area contributed by atoms with Crippen molar-refractivity contribution in [3.8, 4) is 17.0 Å². The summed E-state index contributed by atoms with van der Waals surface area (Å²) >= 11 is 1.33. The molecule has 0 saturated heterocycles. The lowest BCUT2D eigenvalue weighted by atomic mass is 10.1. The number of carbonyl (C=O) groups is 2. The van der Waals surface area contributed by atoms with Crippen LogP contribution < -0.4 is 15.8 Å². The summed E-state index contributed by atoms with van der Waals surface area (Å²) in [6, 6.07) is 9.26.